The van der Waals surface area contributed by atoms with E-state index < -0.39 is 6.61 Å². The molecule has 0 aliphatic carbocycles. The number of hydrogen-bond acceptors (Lipinski definition) is 6. The average molecular weight is 479 g/mol. The lowest BCUT2D eigenvalue weighted by Crippen LogP contribution is -2.08. The van der Waals surface area contributed by atoms with Gasteiger partial charge in [0.2, 0.25) is 5.89 Å². The third kappa shape index (κ3) is 6.23. The molecule has 35 heavy (non-hydrogen) atoms. The molecule has 0 unspecified atom stereocenters. The van der Waals surface area contributed by atoms with Crippen molar-refractivity contribution in [1.82, 2.24) is 4.98 Å². The van der Waals surface area contributed by atoms with Crippen LogP contribution in [0.15, 0.2) is 83.5 Å². The minimum absolute atomic E-state index is 0.0592. The molecule has 0 amide bonds. The highest BCUT2D eigenvalue weighted by Gasteiger charge is 2.17. The molecule has 0 fully saturated rings. The van der Waals surface area contributed by atoms with E-state index in [1.165, 1.54) is 24.5 Å². The number of rotatable bonds is 11. The lowest BCUT2D eigenvalue weighted by Gasteiger charge is -2.11. The maximum absolute atomic E-state index is 12.6. The van der Waals surface area contributed by atoms with Gasteiger partial charge in [0, 0.05) is 18.4 Å². The van der Waals surface area contributed by atoms with E-state index in [0.717, 1.165) is 5.56 Å². The standard InChI is InChI=1S/C27H23F2NO5/c1-32-24-14-11-19(15-25(24)33-16-18-7-3-2-4-8-18)26-30-20(17-34-26)12-13-22(31)21-9-5-6-10-23(21)35-27(28)29/h2-11,14-15,17,27H,12-13,16H2,1H3. The maximum atomic E-state index is 12.6. The molecule has 0 saturated heterocycles. The molecule has 4 aromatic rings. The highest BCUT2D eigenvalue weighted by molar-refractivity contribution is 5.98. The first-order valence-electron chi connectivity index (χ1n) is 10.9. The molecule has 0 radical (unpaired) electrons. The molecule has 3 aromatic carbocycles. The van der Waals surface area contributed by atoms with Gasteiger partial charge in [-0.1, -0.05) is 42.5 Å². The lowest BCUT2D eigenvalue weighted by atomic mass is 10.0. The topological polar surface area (TPSA) is 70.8 Å². The van der Waals surface area contributed by atoms with Gasteiger partial charge in [-0.3, -0.25) is 4.79 Å². The third-order valence-electron chi connectivity index (χ3n) is 5.21. The highest BCUT2D eigenvalue weighted by atomic mass is 19.3. The Balaban J connectivity index is 1.43. The minimum Gasteiger partial charge on any atom is -0.493 e. The summed E-state index contributed by atoms with van der Waals surface area (Å²) in [5.41, 5.74) is 2.36. The summed E-state index contributed by atoms with van der Waals surface area (Å²) in [5, 5.41) is 0. The fourth-order valence-electron chi connectivity index (χ4n) is 3.48. The van der Waals surface area contributed by atoms with Crippen molar-refractivity contribution in [3.8, 4) is 28.7 Å². The van der Waals surface area contributed by atoms with Gasteiger partial charge >= 0.3 is 6.61 Å². The third-order valence-corrected chi connectivity index (χ3v) is 5.21. The Hall–Kier alpha value is -4.20. The first-order chi connectivity index (χ1) is 17.0. The molecule has 0 aliphatic heterocycles. The van der Waals surface area contributed by atoms with Crippen molar-refractivity contribution < 1.29 is 32.2 Å². The second-order valence-electron chi connectivity index (χ2n) is 7.58. The fraction of sp³-hybridized carbons (Fsp3) is 0.185. The van der Waals surface area contributed by atoms with Crippen LogP contribution in [0.4, 0.5) is 8.78 Å². The van der Waals surface area contributed by atoms with E-state index in [1.807, 2.05) is 30.3 Å². The number of hydrogen-bond donors (Lipinski definition) is 0. The zero-order chi connectivity index (χ0) is 24.6. The van der Waals surface area contributed by atoms with Crippen molar-refractivity contribution >= 4 is 5.78 Å². The second-order valence-corrected chi connectivity index (χ2v) is 7.58. The van der Waals surface area contributed by atoms with Crippen LogP contribution in [0, 0.1) is 0 Å². The SMILES string of the molecule is COc1ccc(-c2nc(CCC(=O)c3ccccc3OC(F)F)co2)cc1OCc1ccccc1. The van der Waals surface area contributed by atoms with Crippen LogP contribution >= 0.6 is 0 Å². The first kappa shape index (κ1) is 23.9. The maximum Gasteiger partial charge on any atom is 0.387 e. The van der Waals surface area contributed by atoms with Gasteiger partial charge in [-0.15, -0.1) is 0 Å². The zero-order valence-electron chi connectivity index (χ0n) is 18.9. The molecule has 8 heteroatoms. The molecule has 0 aliphatic rings. The number of halogens is 2. The zero-order valence-corrected chi connectivity index (χ0v) is 18.9. The number of methoxy groups -OCH3 is 1. The molecule has 1 aromatic heterocycles. The number of benzene rings is 3. The van der Waals surface area contributed by atoms with E-state index in [9.17, 15) is 13.6 Å². The lowest BCUT2D eigenvalue weighted by molar-refractivity contribution is -0.0501. The van der Waals surface area contributed by atoms with Crippen LogP contribution in [0.25, 0.3) is 11.5 Å². The van der Waals surface area contributed by atoms with Crippen molar-refractivity contribution in [2.45, 2.75) is 26.1 Å². The van der Waals surface area contributed by atoms with Gasteiger partial charge < -0.3 is 18.6 Å². The van der Waals surface area contributed by atoms with E-state index in [1.54, 1.807) is 31.4 Å². The minimum atomic E-state index is -3.01. The second kappa shape index (κ2) is 11.3. The quantitative estimate of drug-likeness (QED) is 0.234. The van der Waals surface area contributed by atoms with Crippen molar-refractivity contribution in [3.05, 3.63) is 95.9 Å². The number of oxazole rings is 1. The normalized spacial score (nSPS) is 10.9. The molecule has 0 atom stereocenters. The summed E-state index contributed by atoms with van der Waals surface area (Å²) in [6, 6.07) is 21.0. The molecule has 180 valence electrons. The average Bonchev–Trinajstić information content (AvgIpc) is 3.35. The van der Waals surface area contributed by atoms with Gasteiger partial charge in [-0.05, 0) is 35.9 Å². The number of aromatic nitrogens is 1. The first-order valence-corrected chi connectivity index (χ1v) is 10.9. The summed E-state index contributed by atoms with van der Waals surface area (Å²) in [4.78, 5) is 17.1. The summed E-state index contributed by atoms with van der Waals surface area (Å²) < 4.78 is 46.6. The van der Waals surface area contributed by atoms with Gasteiger partial charge in [0.25, 0.3) is 0 Å². The summed E-state index contributed by atoms with van der Waals surface area (Å²) >= 11 is 0. The molecular weight excluding hydrogens is 456 g/mol. The number of ether oxygens (including phenoxy) is 3. The Bertz CT molecular complexity index is 1270. The number of nitrogens with zero attached hydrogens (tertiary/aromatic N) is 1. The van der Waals surface area contributed by atoms with Crippen molar-refractivity contribution in [2.75, 3.05) is 7.11 Å². The molecule has 0 saturated carbocycles. The Morgan fingerprint density at radius 3 is 2.51 bits per heavy atom. The van der Waals surface area contributed by atoms with Crippen LogP contribution in [0.2, 0.25) is 0 Å². The molecule has 6 nitrogen and oxygen atoms in total. The summed E-state index contributed by atoms with van der Waals surface area (Å²) in [6.07, 6.45) is 1.81. The fourth-order valence-corrected chi connectivity index (χ4v) is 3.48. The number of carbonyl (C=O) groups excluding carboxylic acids is 1. The number of alkyl halides is 2. The predicted molar refractivity (Wildman–Crippen MR) is 125 cm³/mol. The van der Waals surface area contributed by atoms with E-state index >= 15 is 0 Å². The van der Waals surface area contributed by atoms with Crippen LogP contribution in [0.5, 0.6) is 17.2 Å². The molecule has 0 spiro atoms. The summed E-state index contributed by atoms with van der Waals surface area (Å²) in [6.45, 7) is -2.64. The van der Waals surface area contributed by atoms with E-state index in [0.29, 0.717) is 35.3 Å². The number of carbonyl (C=O) groups is 1. The van der Waals surface area contributed by atoms with Gasteiger partial charge in [0.05, 0.1) is 18.4 Å². The van der Waals surface area contributed by atoms with Crippen LogP contribution < -0.4 is 14.2 Å². The highest BCUT2D eigenvalue weighted by Crippen LogP contribution is 2.33. The largest absolute Gasteiger partial charge is 0.493 e. The molecule has 0 bridgehead atoms. The van der Waals surface area contributed by atoms with E-state index in [-0.39, 0.29) is 29.9 Å². The number of para-hydroxylation sites is 1. The Kier molecular flexibility index (Phi) is 7.72. The molecule has 0 N–H and O–H groups in total. The van der Waals surface area contributed by atoms with Crippen LogP contribution in [0.3, 0.4) is 0 Å². The van der Waals surface area contributed by atoms with E-state index in [4.69, 9.17) is 13.9 Å². The van der Waals surface area contributed by atoms with Crippen LogP contribution in [-0.4, -0.2) is 24.5 Å². The van der Waals surface area contributed by atoms with Crippen LogP contribution in [-0.2, 0) is 13.0 Å². The van der Waals surface area contributed by atoms with Gasteiger partial charge in [-0.25, -0.2) is 4.98 Å². The summed E-state index contributed by atoms with van der Waals surface area (Å²) in [7, 11) is 1.56. The smallest absolute Gasteiger partial charge is 0.387 e. The van der Waals surface area contributed by atoms with Crippen molar-refractivity contribution in [3.63, 3.8) is 0 Å². The van der Waals surface area contributed by atoms with Gasteiger partial charge in [0.15, 0.2) is 17.3 Å². The molecule has 4 rings (SSSR count). The Morgan fingerprint density at radius 1 is 0.971 bits per heavy atom. The number of Topliss-reactive ketones (excluding diaryl/α,β-unsaturated/α-hetero) is 1. The van der Waals surface area contributed by atoms with Gasteiger partial charge in [-0.2, -0.15) is 8.78 Å². The van der Waals surface area contributed by atoms with Crippen molar-refractivity contribution in [1.29, 1.82) is 0 Å². The van der Waals surface area contributed by atoms with Gasteiger partial charge in [0.1, 0.15) is 18.6 Å². The van der Waals surface area contributed by atoms with Crippen molar-refractivity contribution in [2.24, 2.45) is 0 Å². The molecular formula is C27H23F2NO5. The number of aryl methyl sites for hydroxylation is 1. The van der Waals surface area contributed by atoms with E-state index in [2.05, 4.69) is 9.72 Å². The van der Waals surface area contributed by atoms with Crippen LogP contribution in [0.1, 0.15) is 28.0 Å². The number of ketones is 1. The predicted octanol–water partition coefficient (Wildman–Crippen LogP) is 6.35. The monoisotopic (exact) mass is 479 g/mol. The Labute approximate surface area is 201 Å². The summed E-state index contributed by atoms with van der Waals surface area (Å²) in [5.74, 6) is 1.01. The Morgan fingerprint density at radius 2 is 1.74 bits per heavy atom. The molecule has 1 heterocycles.